The molecule has 1 aliphatic heterocycles. The Morgan fingerprint density at radius 2 is 1.82 bits per heavy atom. The van der Waals surface area contributed by atoms with Gasteiger partial charge in [0.25, 0.3) is 0 Å². The van der Waals surface area contributed by atoms with Crippen LogP contribution in [0.4, 0.5) is 5.69 Å². The summed E-state index contributed by atoms with van der Waals surface area (Å²) in [6, 6.07) is 15.9. The van der Waals surface area contributed by atoms with E-state index in [2.05, 4.69) is 46.3 Å². The molecule has 0 aromatic heterocycles. The molecule has 1 saturated heterocycles. The molecule has 0 amide bonds. The molecule has 0 bridgehead atoms. The van der Waals surface area contributed by atoms with Crippen LogP contribution >= 0.6 is 12.2 Å². The number of rotatable bonds is 5. The van der Waals surface area contributed by atoms with Crippen LogP contribution in [-0.2, 0) is 11.3 Å². The third-order valence-electron chi connectivity index (χ3n) is 4.80. The second-order valence-electron chi connectivity index (χ2n) is 6.98. The number of thiocarbonyl (C=S) groups is 1. The maximum atomic E-state index is 11.7. The molecule has 0 saturated carbocycles. The van der Waals surface area contributed by atoms with Crippen LogP contribution in [0.25, 0.3) is 0 Å². The zero-order chi connectivity index (χ0) is 19.9. The maximum absolute atomic E-state index is 11.7. The minimum Gasteiger partial charge on any atom is -0.462 e. The molecule has 3 rings (SSSR count). The summed E-state index contributed by atoms with van der Waals surface area (Å²) in [7, 11) is 0. The Balaban J connectivity index is 1.48. The van der Waals surface area contributed by atoms with Gasteiger partial charge in [0.15, 0.2) is 5.11 Å². The zero-order valence-corrected chi connectivity index (χ0v) is 17.3. The Morgan fingerprint density at radius 1 is 1.11 bits per heavy atom. The van der Waals surface area contributed by atoms with Crippen molar-refractivity contribution in [3.05, 3.63) is 65.2 Å². The van der Waals surface area contributed by atoms with Gasteiger partial charge in [0.2, 0.25) is 0 Å². The summed E-state index contributed by atoms with van der Waals surface area (Å²) < 4.78 is 5.01. The first-order valence-corrected chi connectivity index (χ1v) is 10.1. The lowest BCUT2D eigenvalue weighted by molar-refractivity contribution is 0.0526. The molecule has 1 N–H and O–H groups in total. The van der Waals surface area contributed by atoms with E-state index >= 15 is 0 Å². The number of aryl methyl sites for hydroxylation is 1. The van der Waals surface area contributed by atoms with Gasteiger partial charge in [0.1, 0.15) is 0 Å². The summed E-state index contributed by atoms with van der Waals surface area (Å²) in [6.07, 6.45) is 0. The molecule has 5 nitrogen and oxygen atoms in total. The maximum Gasteiger partial charge on any atom is 0.338 e. The van der Waals surface area contributed by atoms with E-state index in [0.29, 0.717) is 12.2 Å². The van der Waals surface area contributed by atoms with Gasteiger partial charge >= 0.3 is 5.97 Å². The lowest BCUT2D eigenvalue weighted by Gasteiger charge is -2.36. The number of carbonyl (C=O) groups is 1. The first kappa shape index (κ1) is 20.3. The van der Waals surface area contributed by atoms with Crippen molar-refractivity contribution >= 4 is 29.0 Å². The smallest absolute Gasteiger partial charge is 0.338 e. The number of benzene rings is 2. The second-order valence-corrected chi connectivity index (χ2v) is 7.37. The molecule has 0 radical (unpaired) electrons. The summed E-state index contributed by atoms with van der Waals surface area (Å²) >= 11 is 5.57. The Kier molecular flexibility index (Phi) is 7.01. The molecule has 2 aromatic rings. The van der Waals surface area contributed by atoms with Gasteiger partial charge in [-0.3, -0.25) is 4.90 Å². The highest BCUT2D eigenvalue weighted by atomic mass is 32.1. The van der Waals surface area contributed by atoms with E-state index < -0.39 is 0 Å². The number of piperazine rings is 1. The first-order chi connectivity index (χ1) is 13.5. The van der Waals surface area contributed by atoms with Crippen LogP contribution < -0.4 is 5.32 Å². The highest BCUT2D eigenvalue weighted by Crippen LogP contribution is 2.14. The molecule has 0 atom stereocenters. The van der Waals surface area contributed by atoms with Crippen molar-refractivity contribution in [2.75, 3.05) is 38.1 Å². The van der Waals surface area contributed by atoms with Crippen LogP contribution in [0.3, 0.4) is 0 Å². The Hall–Kier alpha value is -2.44. The van der Waals surface area contributed by atoms with Gasteiger partial charge in [0.05, 0.1) is 12.2 Å². The van der Waals surface area contributed by atoms with E-state index in [4.69, 9.17) is 17.0 Å². The normalized spacial score (nSPS) is 14.6. The standard InChI is InChI=1S/C22H27N3O2S/c1-3-27-21(26)19-7-9-20(10-8-19)23-22(28)25-13-11-24(12-14-25)16-18-6-4-5-17(2)15-18/h4-10,15H,3,11-14,16H2,1-2H3,(H,23,28). The van der Waals surface area contributed by atoms with Crippen molar-refractivity contribution in [2.45, 2.75) is 20.4 Å². The van der Waals surface area contributed by atoms with Gasteiger partial charge in [-0.05, 0) is 55.9 Å². The summed E-state index contributed by atoms with van der Waals surface area (Å²) in [5, 5.41) is 3.99. The molecule has 1 heterocycles. The van der Waals surface area contributed by atoms with Crippen molar-refractivity contribution in [2.24, 2.45) is 0 Å². The molecular formula is C22H27N3O2S. The molecular weight excluding hydrogens is 370 g/mol. The second kappa shape index (κ2) is 9.66. The fraction of sp³-hybridized carbons (Fsp3) is 0.364. The zero-order valence-electron chi connectivity index (χ0n) is 16.5. The summed E-state index contributed by atoms with van der Waals surface area (Å²) in [4.78, 5) is 16.4. The van der Waals surface area contributed by atoms with Crippen LogP contribution in [0.1, 0.15) is 28.4 Å². The molecule has 1 fully saturated rings. The van der Waals surface area contributed by atoms with Crippen molar-refractivity contribution in [3.63, 3.8) is 0 Å². The number of hydrogen-bond donors (Lipinski definition) is 1. The molecule has 148 valence electrons. The highest BCUT2D eigenvalue weighted by molar-refractivity contribution is 7.80. The van der Waals surface area contributed by atoms with Gasteiger partial charge in [-0.1, -0.05) is 29.8 Å². The van der Waals surface area contributed by atoms with E-state index in [9.17, 15) is 4.79 Å². The number of nitrogens with zero attached hydrogens (tertiary/aromatic N) is 2. The largest absolute Gasteiger partial charge is 0.462 e. The highest BCUT2D eigenvalue weighted by Gasteiger charge is 2.19. The van der Waals surface area contributed by atoms with Crippen LogP contribution in [0.5, 0.6) is 0 Å². The van der Waals surface area contributed by atoms with E-state index in [-0.39, 0.29) is 5.97 Å². The van der Waals surface area contributed by atoms with E-state index in [1.54, 1.807) is 19.1 Å². The quantitative estimate of drug-likeness (QED) is 0.613. The van der Waals surface area contributed by atoms with Crippen molar-refractivity contribution in [3.8, 4) is 0 Å². The van der Waals surface area contributed by atoms with Crippen LogP contribution in [0, 0.1) is 6.92 Å². The third-order valence-corrected chi connectivity index (χ3v) is 5.16. The molecule has 2 aromatic carbocycles. The molecule has 0 aliphatic carbocycles. The molecule has 0 spiro atoms. The number of esters is 1. The minimum atomic E-state index is -0.304. The average Bonchev–Trinajstić information content (AvgIpc) is 2.69. The van der Waals surface area contributed by atoms with Gasteiger partial charge in [-0.15, -0.1) is 0 Å². The number of anilines is 1. The number of carbonyl (C=O) groups excluding carboxylic acids is 1. The van der Waals surface area contributed by atoms with Gasteiger partial charge in [0, 0.05) is 38.4 Å². The number of nitrogens with one attached hydrogen (secondary N) is 1. The van der Waals surface area contributed by atoms with Gasteiger partial charge < -0.3 is 15.0 Å². The molecule has 0 unspecified atom stereocenters. The average molecular weight is 398 g/mol. The van der Waals surface area contributed by atoms with Crippen molar-refractivity contribution < 1.29 is 9.53 Å². The van der Waals surface area contributed by atoms with Crippen LogP contribution in [0.2, 0.25) is 0 Å². The van der Waals surface area contributed by atoms with Crippen molar-refractivity contribution in [1.82, 2.24) is 9.80 Å². The predicted octanol–water partition coefficient (Wildman–Crippen LogP) is 3.69. The van der Waals surface area contributed by atoms with Crippen molar-refractivity contribution in [1.29, 1.82) is 0 Å². The Morgan fingerprint density at radius 3 is 2.46 bits per heavy atom. The van der Waals surface area contributed by atoms with E-state index in [1.165, 1.54) is 11.1 Å². The SMILES string of the molecule is CCOC(=O)c1ccc(NC(=S)N2CCN(Cc3cccc(C)c3)CC2)cc1. The van der Waals surface area contributed by atoms with Gasteiger partial charge in [-0.2, -0.15) is 0 Å². The minimum absolute atomic E-state index is 0.304. The van der Waals surface area contributed by atoms with Crippen LogP contribution in [0.15, 0.2) is 48.5 Å². The summed E-state index contributed by atoms with van der Waals surface area (Å²) in [5.74, 6) is -0.304. The summed E-state index contributed by atoms with van der Waals surface area (Å²) in [5.41, 5.74) is 4.08. The lowest BCUT2D eigenvalue weighted by atomic mass is 10.1. The monoisotopic (exact) mass is 397 g/mol. The number of hydrogen-bond acceptors (Lipinski definition) is 4. The Bertz CT molecular complexity index is 815. The Labute approximate surface area is 172 Å². The van der Waals surface area contributed by atoms with E-state index in [1.807, 2.05) is 12.1 Å². The lowest BCUT2D eigenvalue weighted by Crippen LogP contribution is -2.49. The fourth-order valence-corrected chi connectivity index (χ4v) is 3.58. The molecule has 6 heteroatoms. The van der Waals surface area contributed by atoms with Gasteiger partial charge in [-0.25, -0.2) is 4.79 Å². The first-order valence-electron chi connectivity index (χ1n) is 9.66. The van der Waals surface area contributed by atoms with E-state index in [0.717, 1.165) is 43.5 Å². The topological polar surface area (TPSA) is 44.8 Å². The molecule has 28 heavy (non-hydrogen) atoms. The number of ether oxygens (including phenoxy) is 1. The third kappa shape index (κ3) is 5.53. The molecule has 1 aliphatic rings. The van der Waals surface area contributed by atoms with Crippen LogP contribution in [-0.4, -0.2) is 53.7 Å². The summed E-state index contributed by atoms with van der Waals surface area (Å²) in [6.45, 7) is 9.05. The predicted molar refractivity (Wildman–Crippen MR) is 117 cm³/mol. The fourth-order valence-electron chi connectivity index (χ4n) is 3.28.